The summed E-state index contributed by atoms with van der Waals surface area (Å²) in [6.45, 7) is 0. The number of hydrogen-bond acceptors (Lipinski definition) is 5. The van der Waals surface area contributed by atoms with Crippen molar-refractivity contribution in [2.45, 2.75) is 31.7 Å². The van der Waals surface area contributed by atoms with E-state index in [-0.39, 0.29) is 5.91 Å². The van der Waals surface area contributed by atoms with Gasteiger partial charge in [-0.15, -0.1) is 0 Å². The first-order valence-electron chi connectivity index (χ1n) is 8.10. The van der Waals surface area contributed by atoms with E-state index < -0.39 is 0 Å². The predicted molar refractivity (Wildman–Crippen MR) is 89.4 cm³/mol. The van der Waals surface area contributed by atoms with Crippen molar-refractivity contribution in [2.75, 3.05) is 21.3 Å². The maximum atomic E-state index is 12.6. The minimum absolute atomic E-state index is 0.112. The van der Waals surface area contributed by atoms with Crippen LogP contribution in [0.2, 0.25) is 0 Å². The summed E-state index contributed by atoms with van der Waals surface area (Å²) in [6, 6.07) is 7.35. The number of aromatic nitrogens is 1. The fourth-order valence-corrected chi connectivity index (χ4v) is 3.15. The average Bonchev–Trinajstić information content (AvgIpc) is 3.31. The normalized spacial score (nSPS) is 14.6. The second-order valence-corrected chi connectivity index (χ2v) is 6.00. The number of benzene rings is 1. The Labute approximate surface area is 141 Å². The van der Waals surface area contributed by atoms with Crippen molar-refractivity contribution in [3.63, 3.8) is 0 Å². The van der Waals surface area contributed by atoms with Crippen molar-refractivity contribution in [1.29, 1.82) is 0 Å². The van der Waals surface area contributed by atoms with E-state index in [1.54, 1.807) is 43.4 Å². The number of hydrogen-bond donors (Lipinski definition) is 0. The summed E-state index contributed by atoms with van der Waals surface area (Å²) < 4.78 is 16.0. The van der Waals surface area contributed by atoms with Crippen LogP contribution < -0.4 is 9.47 Å². The van der Waals surface area contributed by atoms with Gasteiger partial charge in [0.1, 0.15) is 11.5 Å². The fraction of sp³-hybridized carbons (Fsp3) is 0.444. The predicted octanol–water partition coefficient (Wildman–Crippen LogP) is 3.37. The Bertz CT molecular complexity index is 720. The van der Waals surface area contributed by atoms with Crippen molar-refractivity contribution in [1.82, 2.24) is 10.1 Å². The Hall–Kier alpha value is -2.50. The van der Waals surface area contributed by atoms with Gasteiger partial charge in [0.15, 0.2) is 11.5 Å². The largest absolute Gasteiger partial charge is 0.497 e. The highest BCUT2D eigenvalue weighted by atomic mass is 16.5. The van der Waals surface area contributed by atoms with E-state index in [9.17, 15) is 4.79 Å². The first kappa shape index (κ1) is 16.4. The number of amides is 1. The molecule has 6 heteroatoms. The molecule has 1 amide bonds. The van der Waals surface area contributed by atoms with Gasteiger partial charge in [-0.1, -0.05) is 18.0 Å². The summed E-state index contributed by atoms with van der Waals surface area (Å²) >= 11 is 0. The van der Waals surface area contributed by atoms with E-state index in [0.29, 0.717) is 34.6 Å². The highest BCUT2D eigenvalue weighted by Crippen LogP contribution is 2.34. The van der Waals surface area contributed by atoms with E-state index in [4.69, 9.17) is 14.0 Å². The third kappa shape index (κ3) is 3.09. The average molecular weight is 330 g/mol. The van der Waals surface area contributed by atoms with Gasteiger partial charge in [-0.3, -0.25) is 4.79 Å². The van der Waals surface area contributed by atoms with Gasteiger partial charge in [-0.2, -0.15) is 0 Å². The molecule has 0 atom stereocenters. The molecule has 1 saturated carbocycles. The zero-order chi connectivity index (χ0) is 17.1. The number of rotatable bonds is 5. The van der Waals surface area contributed by atoms with E-state index in [1.165, 1.54) is 12.8 Å². The molecular formula is C18H22N2O4. The van der Waals surface area contributed by atoms with Gasteiger partial charge in [-0.05, 0) is 31.0 Å². The Morgan fingerprint density at radius 1 is 1.21 bits per heavy atom. The Morgan fingerprint density at radius 2 is 1.96 bits per heavy atom. The molecule has 1 aromatic carbocycles. The lowest BCUT2D eigenvalue weighted by atomic mass is 10.1. The van der Waals surface area contributed by atoms with Crippen molar-refractivity contribution < 1.29 is 18.8 Å². The van der Waals surface area contributed by atoms with Gasteiger partial charge in [0.25, 0.3) is 5.91 Å². The number of nitrogens with zero attached hydrogens (tertiary/aromatic N) is 2. The van der Waals surface area contributed by atoms with Crippen LogP contribution in [0.15, 0.2) is 28.8 Å². The Balaban J connectivity index is 1.86. The van der Waals surface area contributed by atoms with Crippen LogP contribution in [-0.2, 0) is 0 Å². The number of methoxy groups -OCH3 is 2. The third-order valence-corrected chi connectivity index (χ3v) is 4.59. The molecule has 1 fully saturated rings. The molecule has 6 nitrogen and oxygen atoms in total. The molecule has 1 heterocycles. The summed E-state index contributed by atoms with van der Waals surface area (Å²) in [7, 11) is 5.01. The molecule has 1 aromatic heterocycles. The molecule has 0 unspecified atom stereocenters. The smallest absolute Gasteiger partial charge is 0.276 e. The van der Waals surface area contributed by atoms with E-state index >= 15 is 0 Å². The minimum atomic E-state index is -0.112. The van der Waals surface area contributed by atoms with Crippen LogP contribution >= 0.6 is 0 Å². The standard InChI is InChI=1S/C18H22N2O4/c1-20(12-6-4-5-7-12)18(21)15-11-17(24-19-15)14-10-13(22-2)8-9-16(14)23-3/h8-12H,4-7H2,1-3H3. The maximum Gasteiger partial charge on any atom is 0.276 e. The molecule has 128 valence electrons. The van der Waals surface area contributed by atoms with Crippen molar-refractivity contribution in [2.24, 2.45) is 0 Å². The monoisotopic (exact) mass is 330 g/mol. The van der Waals surface area contributed by atoms with Crippen molar-refractivity contribution >= 4 is 5.91 Å². The number of ether oxygens (including phenoxy) is 2. The lowest BCUT2D eigenvalue weighted by Gasteiger charge is -2.22. The highest BCUT2D eigenvalue weighted by molar-refractivity contribution is 5.93. The quantitative estimate of drug-likeness (QED) is 0.841. The third-order valence-electron chi connectivity index (χ3n) is 4.59. The lowest BCUT2D eigenvalue weighted by Crippen LogP contribution is -2.35. The molecule has 0 saturated heterocycles. The van der Waals surface area contributed by atoms with Crippen LogP contribution in [0.1, 0.15) is 36.2 Å². The zero-order valence-corrected chi connectivity index (χ0v) is 14.2. The molecular weight excluding hydrogens is 308 g/mol. The van der Waals surface area contributed by atoms with Crippen molar-refractivity contribution in [3.05, 3.63) is 30.0 Å². The molecule has 0 aliphatic heterocycles. The van der Waals surface area contributed by atoms with Crippen LogP contribution in [0.5, 0.6) is 11.5 Å². The van der Waals surface area contributed by atoms with Gasteiger partial charge < -0.3 is 18.9 Å². The van der Waals surface area contributed by atoms with E-state index in [1.807, 2.05) is 7.05 Å². The van der Waals surface area contributed by atoms with E-state index in [2.05, 4.69) is 5.16 Å². The molecule has 1 aliphatic rings. The maximum absolute atomic E-state index is 12.6. The first-order chi connectivity index (χ1) is 11.6. The van der Waals surface area contributed by atoms with Crippen LogP contribution in [0, 0.1) is 0 Å². The molecule has 24 heavy (non-hydrogen) atoms. The van der Waals surface area contributed by atoms with Crippen LogP contribution in [0.4, 0.5) is 0 Å². The second kappa shape index (κ2) is 6.95. The molecule has 3 rings (SSSR count). The van der Waals surface area contributed by atoms with Crippen LogP contribution in [0.25, 0.3) is 11.3 Å². The SMILES string of the molecule is COc1ccc(OC)c(-c2cc(C(=O)N(C)C3CCCC3)no2)c1. The van der Waals surface area contributed by atoms with Gasteiger partial charge >= 0.3 is 0 Å². The first-order valence-corrected chi connectivity index (χ1v) is 8.10. The zero-order valence-electron chi connectivity index (χ0n) is 14.2. The van der Waals surface area contributed by atoms with Crippen molar-refractivity contribution in [3.8, 4) is 22.8 Å². The fourth-order valence-electron chi connectivity index (χ4n) is 3.15. The van der Waals surface area contributed by atoms with Crippen LogP contribution in [0.3, 0.4) is 0 Å². The van der Waals surface area contributed by atoms with Crippen LogP contribution in [-0.4, -0.2) is 43.3 Å². The molecule has 2 aromatic rings. The summed E-state index contributed by atoms with van der Waals surface area (Å²) in [4.78, 5) is 14.4. The number of carbonyl (C=O) groups is 1. The van der Waals surface area contributed by atoms with E-state index in [0.717, 1.165) is 12.8 Å². The molecule has 1 aliphatic carbocycles. The second-order valence-electron chi connectivity index (χ2n) is 6.00. The van der Waals surface area contributed by atoms with Gasteiger partial charge in [0.05, 0.1) is 19.8 Å². The molecule has 0 radical (unpaired) electrons. The van der Waals surface area contributed by atoms with Gasteiger partial charge in [0.2, 0.25) is 0 Å². The Morgan fingerprint density at radius 3 is 2.62 bits per heavy atom. The van der Waals surface area contributed by atoms with Gasteiger partial charge in [-0.25, -0.2) is 0 Å². The van der Waals surface area contributed by atoms with Gasteiger partial charge in [0, 0.05) is 19.2 Å². The lowest BCUT2D eigenvalue weighted by molar-refractivity contribution is 0.0725. The summed E-state index contributed by atoms with van der Waals surface area (Å²) in [5.74, 6) is 1.68. The highest BCUT2D eigenvalue weighted by Gasteiger charge is 2.26. The molecule has 0 spiro atoms. The number of carbonyl (C=O) groups excluding carboxylic acids is 1. The topological polar surface area (TPSA) is 64.8 Å². The Kier molecular flexibility index (Phi) is 4.74. The molecule has 0 N–H and O–H groups in total. The minimum Gasteiger partial charge on any atom is -0.497 e. The summed E-state index contributed by atoms with van der Waals surface area (Å²) in [5.41, 5.74) is 1.01. The molecule has 0 bridgehead atoms. The summed E-state index contributed by atoms with van der Waals surface area (Å²) in [6.07, 6.45) is 4.45. The summed E-state index contributed by atoms with van der Waals surface area (Å²) in [5, 5.41) is 3.95.